The van der Waals surface area contributed by atoms with Gasteiger partial charge in [-0.25, -0.2) is 8.78 Å². The number of rotatable bonds is 5. The monoisotopic (exact) mass is 300 g/mol. The lowest BCUT2D eigenvalue weighted by Crippen LogP contribution is -2.47. The van der Waals surface area contributed by atoms with Crippen molar-refractivity contribution in [2.24, 2.45) is 5.73 Å². The molecule has 1 heterocycles. The molecule has 1 fully saturated rings. The number of halogens is 2. The molecule has 1 unspecified atom stereocenters. The summed E-state index contributed by atoms with van der Waals surface area (Å²) in [6.07, 6.45) is -0.186. The standard InChI is InChI=1S/C15H22F2N2O2/c1-10(2)19-3-4-20-12(8-19)9-21-15-13(16)5-11(7-18)6-14(15)17/h5-6,10,12H,3-4,7-9,18H2,1-2H3. The Bertz CT molecular complexity index is 460. The second kappa shape index (κ2) is 7.15. The van der Waals surface area contributed by atoms with Crippen LogP contribution in [0.4, 0.5) is 8.78 Å². The van der Waals surface area contributed by atoms with Gasteiger partial charge in [-0.2, -0.15) is 0 Å². The molecular formula is C15H22F2N2O2. The topological polar surface area (TPSA) is 47.7 Å². The summed E-state index contributed by atoms with van der Waals surface area (Å²) < 4.78 is 38.4. The predicted molar refractivity (Wildman–Crippen MR) is 76.2 cm³/mol. The second-order valence-corrected chi connectivity index (χ2v) is 5.49. The Morgan fingerprint density at radius 2 is 2.05 bits per heavy atom. The summed E-state index contributed by atoms with van der Waals surface area (Å²) in [5.41, 5.74) is 5.77. The minimum atomic E-state index is -0.730. The van der Waals surface area contributed by atoms with Gasteiger partial charge in [0.2, 0.25) is 0 Å². The van der Waals surface area contributed by atoms with Crippen LogP contribution in [0.2, 0.25) is 0 Å². The molecule has 0 saturated carbocycles. The van der Waals surface area contributed by atoms with E-state index in [-0.39, 0.29) is 25.0 Å². The Balaban J connectivity index is 1.97. The molecule has 2 rings (SSSR count). The summed E-state index contributed by atoms with van der Waals surface area (Å²) in [4.78, 5) is 2.25. The molecule has 1 aromatic rings. The van der Waals surface area contributed by atoms with E-state index >= 15 is 0 Å². The van der Waals surface area contributed by atoms with E-state index in [1.807, 2.05) is 0 Å². The number of hydrogen-bond acceptors (Lipinski definition) is 4. The first-order valence-electron chi connectivity index (χ1n) is 7.17. The maximum Gasteiger partial charge on any atom is 0.190 e. The van der Waals surface area contributed by atoms with E-state index in [1.54, 1.807) is 0 Å². The number of nitrogens with two attached hydrogens (primary N) is 1. The largest absolute Gasteiger partial charge is 0.485 e. The molecule has 2 N–H and O–H groups in total. The van der Waals surface area contributed by atoms with Crippen molar-refractivity contribution in [3.05, 3.63) is 29.3 Å². The Labute approximate surface area is 123 Å². The molecule has 1 aliphatic rings. The SMILES string of the molecule is CC(C)N1CCOC(COc2c(F)cc(CN)cc2F)C1. The lowest BCUT2D eigenvalue weighted by molar-refractivity contribution is -0.0572. The third-order valence-corrected chi connectivity index (χ3v) is 3.61. The number of benzene rings is 1. The van der Waals surface area contributed by atoms with Crippen molar-refractivity contribution in [1.29, 1.82) is 0 Å². The molecule has 0 bridgehead atoms. The summed E-state index contributed by atoms with van der Waals surface area (Å²) in [6.45, 7) is 6.58. The van der Waals surface area contributed by atoms with Gasteiger partial charge in [-0.3, -0.25) is 4.90 Å². The molecular weight excluding hydrogens is 278 g/mol. The Hall–Kier alpha value is -1.24. The summed E-state index contributed by atoms with van der Waals surface area (Å²) >= 11 is 0. The zero-order valence-electron chi connectivity index (χ0n) is 12.4. The van der Waals surface area contributed by atoms with Crippen molar-refractivity contribution < 1.29 is 18.3 Å². The predicted octanol–water partition coefficient (Wildman–Crippen LogP) is 1.91. The van der Waals surface area contributed by atoms with E-state index in [0.29, 0.717) is 24.8 Å². The van der Waals surface area contributed by atoms with Crippen LogP contribution in [-0.4, -0.2) is 43.3 Å². The average molecular weight is 300 g/mol. The van der Waals surface area contributed by atoms with Crippen molar-refractivity contribution in [3.8, 4) is 5.75 Å². The van der Waals surface area contributed by atoms with E-state index < -0.39 is 11.6 Å². The molecule has 1 atom stereocenters. The molecule has 1 aliphatic heterocycles. The second-order valence-electron chi connectivity index (χ2n) is 5.49. The fourth-order valence-electron chi connectivity index (χ4n) is 2.36. The molecule has 0 aliphatic carbocycles. The van der Waals surface area contributed by atoms with Crippen molar-refractivity contribution in [2.75, 3.05) is 26.3 Å². The third-order valence-electron chi connectivity index (χ3n) is 3.61. The number of ether oxygens (including phenoxy) is 2. The Kier molecular flexibility index (Phi) is 5.50. The highest BCUT2D eigenvalue weighted by Gasteiger charge is 2.23. The molecule has 6 heteroatoms. The minimum Gasteiger partial charge on any atom is -0.485 e. The highest BCUT2D eigenvalue weighted by molar-refractivity contribution is 5.31. The van der Waals surface area contributed by atoms with Gasteiger partial charge in [0.25, 0.3) is 0 Å². The Morgan fingerprint density at radius 3 is 2.62 bits per heavy atom. The van der Waals surface area contributed by atoms with E-state index in [9.17, 15) is 8.78 Å². The van der Waals surface area contributed by atoms with Crippen LogP contribution in [0.15, 0.2) is 12.1 Å². The third kappa shape index (κ3) is 4.12. The fourth-order valence-corrected chi connectivity index (χ4v) is 2.36. The van der Waals surface area contributed by atoms with E-state index in [4.69, 9.17) is 15.2 Å². The molecule has 4 nitrogen and oxygen atoms in total. The quantitative estimate of drug-likeness (QED) is 0.902. The van der Waals surface area contributed by atoms with Crippen molar-refractivity contribution in [1.82, 2.24) is 4.90 Å². The smallest absolute Gasteiger partial charge is 0.190 e. The van der Waals surface area contributed by atoms with Crippen LogP contribution in [0.25, 0.3) is 0 Å². The molecule has 0 spiro atoms. The van der Waals surface area contributed by atoms with E-state index in [0.717, 1.165) is 6.54 Å². The number of nitrogens with zero attached hydrogens (tertiary/aromatic N) is 1. The molecule has 118 valence electrons. The number of hydrogen-bond donors (Lipinski definition) is 1. The van der Waals surface area contributed by atoms with Gasteiger partial charge in [-0.05, 0) is 31.5 Å². The van der Waals surface area contributed by atoms with Crippen LogP contribution in [0.1, 0.15) is 19.4 Å². The zero-order chi connectivity index (χ0) is 15.4. The average Bonchev–Trinajstić information content (AvgIpc) is 2.46. The van der Waals surface area contributed by atoms with Gasteiger partial charge in [0.15, 0.2) is 17.4 Å². The van der Waals surface area contributed by atoms with E-state index in [2.05, 4.69) is 18.7 Å². The molecule has 0 radical (unpaired) electrons. The van der Waals surface area contributed by atoms with Crippen LogP contribution < -0.4 is 10.5 Å². The first-order chi connectivity index (χ1) is 10.0. The molecule has 0 amide bonds. The fraction of sp³-hybridized carbons (Fsp3) is 0.600. The van der Waals surface area contributed by atoms with Gasteiger partial charge in [0.1, 0.15) is 12.7 Å². The van der Waals surface area contributed by atoms with Crippen LogP contribution in [0.3, 0.4) is 0 Å². The van der Waals surface area contributed by atoms with Crippen LogP contribution >= 0.6 is 0 Å². The normalized spacial score (nSPS) is 20.0. The first kappa shape index (κ1) is 16.1. The van der Waals surface area contributed by atoms with E-state index in [1.165, 1.54) is 12.1 Å². The first-order valence-corrected chi connectivity index (χ1v) is 7.17. The van der Waals surface area contributed by atoms with Gasteiger partial charge in [-0.15, -0.1) is 0 Å². The van der Waals surface area contributed by atoms with Crippen molar-refractivity contribution >= 4 is 0 Å². The summed E-state index contributed by atoms with van der Waals surface area (Å²) in [5, 5.41) is 0. The maximum atomic E-state index is 13.8. The van der Waals surface area contributed by atoms with Crippen LogP contribution in [0, 0.1) is 11.6 Å². The maximum absolute atomic E-state index is 13.8. The highest BCUT2D eigenvalue weighted by atomic mass is 19.1. The van der Waals surface area contributed by atoms with Gasteiger partial charge < -0.3 is 15.2 Å². The molecule has 1 aromatic carbocycles. The molecule has 0 aromatic heterocycles. The van der Waals surface area contributed by atoms with Crippen LogP contribution in [-0.2, 0) is 11.3 Å². The summed E-state index contributed by atoms with van der Waals surface area (Å²) in [7, 11) is 0. The van der Waals surface area contributed by atoms with Gasteiger partial charge >= 0.3 is 0 Å². The molecule has 1 saturated heterocycles. The highest BCUT2D eigenvalue weighted by Crippen LogP contribution is 2.24. The summed E-state index contributed by atoms with van der Waals surface area (Å²) in [5.74, 6) is -1.82. The van der Waals surface area contributed by atoms with Crippen molar-refractivity contribution in [3.63, 3.8) is 0 Å². The lowest BCUT2D eigenvalue weighted by Gasteiger charge is -2.35. The molecule has 21 heavy (non-hydrogen) atoms. The zero-order valence-corrected chi connectivity index (χ0v) is 12.4. The van der Waals surface area contributed by atoms with Gasteiger partial charge in [0, 0.05) is 25.7 Å². The Morgan fingerprint density at radius 1 is 1.38 bits per heavy atom. The van der Waals surface area contributed by atoms with Crippen molar-refractivity contribution in [2.45, 2.75) is 32.5 Å². The number of morpholine rings is 1. The van der Waals surface area contributed by atoms with Gasteiger partial charge in [-0.1, -0.05) is 0 Å². The summed E-state index contributed by atoms with van der Waals surface area (Å²) in [6, 6.07) is 2.80. The van der Waals surface area contributed by atoms with Crippen LogP contribution in [0.5, 0.6) is 5.75 Å². The minimum absolute atomic E-state index is 0.0865. The van der Waals surface area contributed by atoms with Gasteiger partial charge in [0.05, 0.1) is 6.61 Å². The lowest BCUT2D eigenvalue weighted by atomic mass is 10.2.